The molecule has 2 rings (SSSR count). The van der Waals surface area contributed by atoms with Gasteiger partial charge in [0.15, 0.2) is 17.5 Å². The number of benzene rings is 1. The lowest BCUT2D eigenvalue weighted by molar-refractivity contribution is 0.0605. The van der Waals surface area contributed by atoms with Gasteiger partial charge in [-0.3, -0.25) is 4.79 Å². The Morgan fingerprint density at radius 2 is 1.81 bits per heavy atom. The quantitative estimate of drug-likeness (QED) is 0.782. The Hall–Kier alpha value is -1.56. The van der Waals surface area contributed by atoms with Crippen molar-refractivity contribution in [3.05, 3.63) is 35.1 Å². The van der Waals surface area contributed by atoms with Gasteiger partial charge in [-0.25, -0.2) is 13.2 Å². The van der Waals surface area contributed by atoms with Gasteiger partial charge in [-0.05, 0) is 25.0 Å². The zero-order valence-corrected chi connectivity index (χ0v) is 11.9. The fourth-order valence-corrected chi connectivity index (χ4v) is 2.70. The fraction of sp³-hybridized carbons (Fsp3) is 0.533. The first-order valence-electron chi connectivity index (χ1n) is 6.99. The second kappa shape index (κ2) is 6.93. The maximum atomic E-state index is 13.3. The van der Waals surface area contributed by atoms with Gasteiger partial charge in [0.25, 0.3) is 5.91 Å². The molecule has 3 nitrogen and oxygen atoms in total. The van der Waals surface area contributed by atoms with Crippen LogP contribution in [0.2, 0.25) is 0 Å². The monoisotopic (exact) mass is 301 g/mol. The lowest BCUT2D eigenvalue weighted by Gasteiger charge is -2.29. The molecule has 0 bridgehead atoms. The number of methoxy groups -OCH3 is 1. The van der Waals surface area contributed by atoms with E-state index in [-0.39, 0.29) is 11.6 Å². The van der Waals surface area contributed by atoms with Crippen LogP contribution in [-0.2, 0) is 4.74 Å². The SMILES string of the molecule is COCCN(C(=O)c1cc(F)c(F)c(F)c1)C1CCCC1. The smallest absolute Gasteiger partial charge is 0.254 e. The zero-order chi connectivity index (χ0) is 15.4. The molecule has 0 atom stereocenters. The Kier molecular flexibility index (Phi) is 5.22. The third-order valence-corrected chi connectivity index (χ3v) is 3.79. The van der Waals surface area contributed by atoms with Crippen molar-refractivity contribution < 1.29 is 22.7 Å². The Labute approximate surface area is 121 Å². The molecule has 116 valence electrons. The third-order valence-electron chi connectivity index (χ3n) is 3.79. The molecule has 0 unspecified atom stereocenters. The van der Waals surface area contributed by atoms with Crippen LogP contribution in [0.5, 0.6) is 0 Å². The molecule has 1 aromatic carbocycles. The molecular weight excluding hydrogens is 283 g/mol. The van der Waals surface area contributed by atoms with Crippen LogP contribution in [0.4, 0.5) is 13.2 Å². The minimum atomic E-state index is -1.56. The van der Waals surface area contributed by atoms with Gasteiger partial charge >= 0.3 is 0 Å². The Bertz CT molecular complexity index is 493. The van der Waals surface area contributed by atoms with E-state index in [9.17, 15) is 18.0 Å². The first-order valence-corrected chi connectivity index (χ1v) is 6.99. The molecule has 0 aromatic heterocycles. The molecule has 6 heteroatoms. The van der Waals surface area contributed by atoms with Gasteiger partial charge in [-0.2, -0.15) is 0 Å². The van der Waals surface area contributed by atoms with Gasteiger partial charge in [0.2, 0.25) is 0 Å². The molecule has 1 aliphatic rings. The van der Waals surface area contributed by atoms with Gasteiger partial charge in [0.05, 0.1) is 6.61 Å². The number of rotatable bonds is 5. The molecule has 1 amide bonds. The number of hydrogen-bond donors (Lipinski definition) is 0. The molecule has 1 aromatic rings. The molecular formula is C15H18F3NO2. The van der Waals surface area contributed by atoms with E-state index in [4.69, 9.17) is 4.74 Å². The molecule has 0 aliphatic heterocycles. The summed E-state index contributed by atoms with van der Waals surface area (Å²) in [5.41, 5.74) is -0.172. The van der Waals surface area contributed by atoms with E-state index in [1.54, 1.807) is 4.90 Å². The van der Waals surface area contributed by atoms with E-state index in [0.717, 1.165) is 37.8 Å². The Morgan fingerprint density at radius 3 is 2.33 bits per heavy atom. The number of amides is 1. The highest BCUT2D eigenvalue weighted by molar-refractivity contribution is 5.94. The van der Waals surface area contributed by atoms with E-state index in [0.29, 0.717) is 13.2 Å². The zero-order valence-electron chi connectivity index (χ0n) is 11.9. The summed E-state index contributed by atoms with van der Waals surface area (Å²) in [6.45, 7) is 0.689. The van der Waals surface area contributed by atoms with Gasteiger partial charge in [0.1, 0.15) is 0 Å². The van der Waals surface area contributed by atoms with Crippen LogP contribution < -0.4 is 0 Å². The second-order valence-electron chi connectivity index (χ2n) is 5.18. The van der Waals surface area contributed by atoms with Crippen LogP contribution in [0.3, 0.4) is 0 Å². The van der Waals surface area contributed by atoms with Crippen LogP contribution in [0.15, 0.2) is 12.1 Å². The van der Waals surface area contributed by atoms with E-state index < -0.39 is 23.4 Å². The van der Waals surface area contributed by atoms with Crippen molar-refractivity contribution in [3.63, 3.8) is 0 Å². The standard InChI is InChI=1S/C15H18F3NO2/c1-21-7-6-19(11-4-2-3-5-11)15(20)10-8-12(16)14(18)13(17)9-10/h8-9,11H,2-7H2,1H3. The minimum Gasteiger partial charge on any atom is -0.383 e. The first kappa shape index (κ1) is 15.8. The third kappa shape index (κ3) is 3.56. The van der Waals surface area contributed by atoms with Crippen molar-refractivity contribution in [2.75, 3.05) is 20.3 Å². The molecule has 0 saturated heterocycles. The van der Waals surface area contributed by atoms with Gasteiger partial charge < -0.3 is 9.64 Å². The normalized spacial score (nSPS) is 15.4. The van der Waals surface area contributed by atoms with Gasteiger partial charge in [-0.15, -0.1) is 0 Å². The molecule has 1 aliphatic carbocycles. The van der Waals surface area contributed by atoms with Crippen molar-refractivity contribution in [1.29, 1.82) is 0 Å². The first-order chi connectivity index (χ1) is 10.0. The molecule has 1 saturated carbocycles. The summed E-state index contributed by atoms with van der Waals surface area (Å²) in [5, 5.41) is 0. The summed E-state index contributed by atoms with van der Waals surface area (Å²) in [7, 11) is 1.52. The predicted octanol–water partition coefficient (Wildman–Crippen LogP) is 3.14. The average molecular weight is 301 g/mol. The predicted molar refractivity (Wildman–Crippen MR) is 71.5 cm³/mol. The highest BCUT2D eigenvalue weighted by Crippen LogP contribution is 2.25. The summed E-state index contributed by atoms with van der Waals surface area (Å²) in [5.74, 6) is -4.75. The summed E-state index contributed by atoms with van der Waals surface area (Å²) in [4.78, 5) is 14.0. The number of carbonyl (C=O) groups excluding carboxylic acids is 1. The molecule has 21 heavy (non-hydrogen) atoms. The maximum Gasteiger partial charge on any atom is 0.254 e. The van der Waals surface area contributed by atoms with Gasteiger partial charge in [0, 0.05) is 25.3 Å². The average Bonchev–Trinajstić information content (AvgIpc) is 2.98. The molecule has 1 fully saturated rings. The molecule has 0 heterocycles. The van der Waals surface area contributed by atoms with Crippen molar-refractivity contribution >= 4 is 5.91 Å². The van der Waals surface area contributed by atoms with Gasteiger partial charge in [-0.1, -0.05) is 12.8 Å². The number of hydrogen-bond acceptors (Lipinski definition) is 2. The van der Waals surface area contributed by atoms with E-state index in [2.05, 4.69) is 0 Å². The fourth-order valence-electron chi connectivity index (χ4n) is 2.70. The molecule has 0 radical (unpaired) electrons. The maximum absolute atomic E-state index is 13.3. The summed E-state index contributed by atoms with van der Waals surface area (Å²) in [6, 6.07) is 1.54. The number of carbonyl (C=O) groups is 1. The van der Waals surface area contributed by atoms with Crippen molar-refractivity contribution in [1.82, 2.24) is 4.90 Å². The van der Waals surface area contributed by atoms with Crippen LogP contribution >= 0.6 is 0 Å². The number of halogens is 3. The summed E-state index contributed by atoms with van der Waals surface area (Å²) >= 11 is 0. The Morgan fingerprint density at radius 1 is 1.24 bits per heavy atom. The van der Waals surface area contributed by atoms with Crippen LogP contribution in [0.1, 0.15) is 36.0 Å². The van der Waals surface area contributed by atoms with E-state index >= 15 is 0 Å². The number of ether oxygens (including phenoxy) is 1. The number of nitrogens with zero attached hydrogens (tertiary/aromatic N) is 1. The van der Waals surface area contributed by atoms with Crippen LogP contribution in [0, 0.1) is 17.5 Å². The lowest BCUT2D eigenvalue weighted by Crippen LogP contribution is -2.41. The van der Waals surface area contributed by atoms with E-state index in [1.807, 2.05) is 0 Å². The molecule has 0 N–H and O–H groups in total. The topological polar surface area (TPSA) is 29.5 Å². The largest absolute Gasteiger partial charge is 0.383 e. The lowest BCUT2D eigenvalue weighted by atomic mass is 10.1. The van der Waals surface area contributed by atoms with Crippen LogP contribution in [-0.4, -0.2) is 37.1 Å². The minimum absolute atomic E-state index is 0.0452. The summed E-state index contributed by atoms with van der Waals surface area (Å²) < 4.78 is 44.5. The van der Waals surface area contributed by atoms with Crippen molar-refractivity contribution in [3.8, 4) is 0 Å². The van der Waals surface area contributed by atoms with E-state index in [1.165, 1.54) is 7.11 Å². The highest BCUT2D eigenvalue weighted by Gasteiger charge is 2.28. The Balaban J connectivity index is 2.24. The molecule has 0 spiro atoms. The van der Waals surface area contributed by atoms with Crippen LogP contribution in [0.25, 0.3) is 0 Å². The summed E-state index contributed by atoms with van der Waals surface area (Å²) in [6.07, 6.45) is 3.77. The van der Waals surface area contributed by atoms with Crippen molar-refractivity contribution in [2.24, 2.45) is 0 Å². The highest BCUT2D eigenvalue weighted by atomic mass is 19.2. The second-order valence-corrected chi connectivity index (χ2v) is 5.18. The van der Waals surface area contributed by atoms with Crippen molar-refractivity contribution in [2.45, 2.75) is 31.7 Å².